The lowest BCUT2D eigenvalue weighted by atomic mass is 9.83. The highest BCUT2D eigenvalue weighted by molar-refractivity contribution is 5.89. The van der Waals surface area contributed by atoms with E-state index in [9.17, 15) is 19.5 Å². The van der Waals surface area contributed by atoms with Gasteiger partial charge in [0.15, 0.2) is 6.04 Å². The largest absolute Gasteiger partial charge is 0.480 e. The minimum absolute atomic E-state index is 0.0572. The molecule has 4 atom stereocenters. The summed E-state index contributed by atoms with van der Waals surface area (Å²) in [5.74, 6) is -1.65. The summed E-state index contributed by atoms with van der Waals surface area (Å²) in [5, 5.41) is 15.0. The van der Waals surface area contributed by atoms with Gasteiger partial charge in [-0.25, -0.2) is 9.59 Å². The third-order valence-electron chi connectivity index (χ3n) is 7.51. The topological polar surface area (TPSA) is 114 Å². The van der Waals surface area contributed by atoms with Crippen molar-refractivity contribution in [3.63, 3.8) is 0 Å². The number of nitrogens with one attached hydrogen (secondary N) is 2. The number of carboxylic acids is 1. The molecule has 3 N–H and O–H groups in total. The molecule has 8 nitrogen and oxygen atoms in total. The molecule has 0 spiro atoms. The zero-order valence-electron chi connectivity index (χ0n) is 20.2. The Morgan fingerprint density at radius 1 is 1.09 bits per heavy atom. The van der Waals surface area contributed by atoms with E-state index in [0.717, 1.165) is 28.7 Å². The van der Waals surface area contributed by atoms with E-state index in [1.165, 1.54) is 7.11 Å². The van der Waals surface area contributed by atoms with Crippen molar-refractivity contribution in [3.8, 4) is 11.1 Å². The van der Waals surface area contributed by atoms with E-state index in [1.54, 1.807) is 13.8 Å². The lowest BCUT2D eigenvalue weighted by Crippen LogP contribution is -2.57. The summed E-state index contributed by atoms with van der Waals surface area (Å²) < 4.78 is 10.8. The number of carboxylic acid groups (broad SMARTS) is 1. The molecule has 2 unspecified atom stereocenters. The number of benzene rings is 2. The van der Waals surface area contributed by atoms with Crippen molar-refractivity contribution in [1.82, 2.24) is 10.6 Å². The number of carbonyl (C=O) groups is 3. The number of hydrogen-bond acceptors (Lipinski definition) is 5. The molecule has 0 bridgehead atoms. The molecule has 186 valence electrons. The molecule has 35 heavy (non-hydrogen) atoms. The third-order valence-corrected chi connectivity index (χ3v) is 7.51. The number of amides is 2. The summed E-state index contributed by atoms with van der Waals surface area (Å²) in [6.07, 6.45) is 0.579. The second-order valence-electron chi connectivity index (χ2n) is 9.56. The highest BCUT2D eigenvalue weighted by Gasteiger charge is 2.47. The predicted molar refractivity (Wildman–Crippen MR) is 130 cm³/mol. The first kappa shape index (κ1) is 24.7. The molecule has 0 saturated heterocycles. The first-order chi connectivity index (χ1) is 16.8. The second-order valence-corrected chi connectivity index (χ2v) is 9.56. The van der Waals surface area contributed by atoms with Gasteiger partial charge >= 0.3 is 12.1 Å². The Labute approximate surface area is 205 Å². The molecule has 0 aromatic heterocycles. The first-order valence-corrected chi connectivity index (χ1v) is 11.9. The Bertz CT molecular complexity index is 1070. The van der Waals surface area contributed by atoms with Crippen molar-refractivity contribution < 1.29 is 29.0 Å². The van der Waals surface area contributed by atoms with Gasteiger partial charge < -0.3 is 25.2 Å². The minimum atomic E-state index is -1.18. The maximum atomic E-state index is 13.1. The summed E-state index contributed by atoms with van der Waals surface area (Å²) >= 11 is 0. The smallest absolute Gasteiger partial charge is 0.407 e. The van der Waals surface area contributed by atoms with Crippen molar-refractivity contribution in [2.45, 2.75) is 57.2 Å². The van der Waals surface area contributed by atoms with Gasteiger partial charge in [0.25, 0.3) is 0 Å². The quantitative estimate of drug-likeness (QED) is 0.531. The molecule has 0 aliphatic heterocycles. The van der Waals surface area contributed by atoms with E-state index >= 15 is 0 Å². The van der Waals surface area contributed by atoms with Crippen LogP contribution in [0.2, 0.25) is 0 Å². The van der Waals surface area contributed by atoms with Gasteiger partial charge in [-0.05, 0) is 48.9 Å². The summed E-state index contributed by atoms with van der Waals surface area (Å²) in [6, 6.07) is 14.6. The fourth-order valence-corrected chi connectivity index (χ4v) is 5.27. The normalized spacial score (nSPS) is 22.5. The van der Waals surface area contributed by atoms with Gasteiger partial charge in [0.2, 0.25) is 5.91 Å². The lowest BCUT2D eigenvalue weighted by molar-refractivity contribution is -0.147. The van der Waals surface area contributed by atoms with Crippen molar-refractivity contribution in [2.24, 2.45) is 5.41 Å². The number of carbonyl (C=O) groups excluding carboxylic acids is 2. The van der Waals surface area contributed by atoms with E-state index in [0.29, 0.717) is 12.8 Å². The van der Waals surface area contributed by atoms with Gasteiger partial charge in [0.05, 0.1) is 11.5 Å². The summed E-state index contributed by atoms with van der Waals surface area (Å²) in [6.45, 7) is 3.52. The molecule has 2 amide bonds. The minimum Gasteiger partial charge on any atom is -0.480 e. The van der Waals surface area contributed by atoms with Gasteiger partial charge in [-0.1, -0.05) is 55.0 Å². The lowest BCUT2D eigenvalue weighted by Gasteiger charge is -2.32. The molecular weight excluding hydrogens is 448 g/mol. The Kier molecular flexibility index (Phi) is 7.12. The van der Waals surface area contributed by atoms with Crippen molar-refractivity contribution in [1.29, 1.82) is 0 Å². The maximum Gasteiger partial charge on any atom is 0.407 e. The van der Waals surface area contributed by atoms with E-state index in [-0.39, 0.29) is 12.5 Å². The number of aliphatic carboxylic acids is 1. The van der Waals surface area contributed by atoms with Crippen LogP contribution < -0.4 is 10.6 Å². The molecule has 2 aromatic rings. The van der Waals surface area contributed by atoms with Crippen LogP contribution in [0.3, 0.4) is 0 Å². The molecule has 1 saturated carbocycles. The molecule has 2 aromatic carbocycles. The van der Waals surface area contributed by atoms with Gasteiger partial charge in [0.1, 0.15) is 6.61 Å². The van der Waals surface area contributed by atoms with Crippen LogP contribution >= 0.6 is 0 Å². The number of hydrogen-bond donors (Lipinski definition) is 3. The fourth-order valence-electron chi connectivity index (χ4n) is 5.27. The van der Waals surface area contributed by atoms with Crippen molar-refractivity contribution in [2.75, 3.05) is 13.7 Å². The van der Waals surface area contributed by atoms with E-state index in [4.69, 9.17) is 9.47 Å². The number of ether oxygens (including phenoxy) is 2. The fraction of sp³-hybridized carbons (Fsp3) is 0.444. The number of fused-ring (bicyclic) bond motifs is 3. The average Bonchev–Trinajstić information content (AvgIpc) is 3.38. The van der Waals surface area contributed by atoms with Gasteiger partial charge in [0, 0.05) is 19.1 Å². The second kappa shape index (κ2) is 10.1. The van der Waals surface area contributed by atoms with Crippen LogP contribution in [0, 0.1) is 5.41 Å². The predicted octanol–water partition coefficient (Wildman–Crippen LogP) is 3.69. The molecule has 0 heterocycles. The zero-order valence-corrected chi connectivity index (χ0v) is 20.2. The van der Waals surface area contributed by atoms with Crippen molar-refractivity contribution in [3.05, 3.63) is 59.7 Å². The van der Waals surface area contributed by atoms with Crippen LogP contribution in [-0.2, 0) is 19.1 Å². The van der Waals surface area contributed by atoms with Gasteiger partial charge in [-0.15, -0.1) is 0 Å². The number of rotatable bonds is 8. The highest BCUT2D eigenvalue weighted by Crippen LogP contribution is 2.44. The summed E-state index contributed by atoms with van der Waals surface area (Å²) in [5.41, 5.74) is 3.59. The maximum absolute atomic E-state index is 13.1. The standard InChI is InChI=1S/C27H32N2O6/c1-16(34-3)23(24(30)31)29-25(32)27(2)14-8-13-22(27)28-26(33)35-15-21-19-11-6-4-9-17(19)18-10-5-7-12-20(18)21/h4-7,9-12,16,21-23H,8,13-15H2,1-3H3,(H,28,33)(H,29,32)(H,30,31)/t16-,22?,23+,27?/m1/s1. The summed E-state index contributed by atoms with van der Waals surface area (Å²) in [7, 11) is 1.39. The van der Waals surface area contributed by atoms with E-state index in [1.807, 2.05) is 24.3 Å². The molecule has 0 radical (unpaired) electrons. The number of alkyl carbamates (subject to hydrolysis) is 1. The Morgan fingerprint density at radius 2 is 1.69 bits per heavy atom. The molecule has 1 fully saturated rings. The Hall–Kier alpha value is -3.39. The Morgan fingerprint density at radius 3 is 2.26 bits per heavy atom. The third kappa shape index (κ3) is 4.75. The first-order valence-electron chi connectivity index (χ1n) is 11.9. The monoisotopic (exact) mass is 480 g/mol. The Balaban J connectivity index is 1.41. The molecule has 4 rings (SSSR count). The van der Waals surface area contributed by atoms with Crippen LogP contribution in [0.1, 0.15) is 50.2 Å². The molecular formula is C27H32N2O6. The molecule has 2 aliphatic carbocycles. The molecule has 2 aliphatic rings. The van der Waals surface area contributed by atoms with Crippen molar-refractivity contribution >= 4 is 18.0 Å². The van der Waals surface area contributed by atoms with E-state index in [2.05, 4.69) is 34.9 Å². The average molecular weight is 481 g/mol. The molecule has 8 heteroatoms. The SMILES string of the molecule is CO[C@H](C)[C@H](NC(=O)C1(C)CCCC1NC(=O)OCC1c2ccccc2-c2ccccc21)C(=O)O. The van der Waals surface area contributed by atoms with E-state index < -0.39 is 41.6 Å². The summed E-state index contributed by atoms with van der Waals surface area (Å²) in [4.78, 5) is 37.5. The van der Waals surface area contributed by atoms with Crippen LogP contribution in [0.15, 0.2) is 48.5 Å². The van der Waals surface area contributed by atoms with Gasteiger partial charge in [-0.2, -0.15) is 0 Å². The van der Waals surface area contributed by atoms with Gasteiger partial charge in [-0.3, -0.25) is 4.79 Å². The van der Waals surface area contributed by atoms with Crippen LogP contribution in [0.25, 0.3) is 11.1 Å². The highest BCUT2D eigenvalue weighted by atomic mass is 16.5. The number of methoxy groups -OCH3 is 1. The van der Waals surface area contributed by atoms with Crippen LogP contribution in [-0.4, -0.2) is 55.0 Å². The van der Waals surface area contributed by atoms with Crippen LogP contribution in [0.4, 0.5) is 4.79 Å². The van der Waals surface area contributed by atoms with Crippen LogP contribution in [0.5, 0.6) is 0 Å². The zero-order chi connectivity index (χ0) is 25.2.